The second-order valence-electron chi connectivity index (χ2n) is 4.14. The predicted octanol–water partition coefficient (Wildman–Crippen LogP) is 2.90. The summed E-state index contributed by atoms with van der Waals surface area (Å²) < 4.78 is 0. The largest absolute Gasteiger partial charge is 0.314 e. The summed E-state index contributed by atoms with van der Waals surface area (Å²) >= 11 is 0. The van der Waals surface area contributed by atoms with Crippen molar-refractivity contribution in [3.8, 4) is 6.07 Å². The number of hydrogen-bond acceptors (Lipinski definition) is 2. The first kappa shape index (κ1) is 12.7. The first-order valence-electron chi connectivity index (χ1n) is 5.97. The molecule has 0 aliphatic carbocycles. The number of nitriles is 1. The summed E-state index contributed by atoms with van der Waals surface area (Å²) in [5.41, 5.74) is 1.40. The molecule has 1 unspecified atom stereocenters. The summed E-state index contributed by atoms with van der Waals surface area (Å²) in [6.07, 6.45) is 3.87. The maximum absolute atomic E-state index is 8.41. The van der Waals surface area contributed by atoms with Gasteiger partial charge in [0, 0.05) is 12.5 Å². The molecule has 1 aromatic rings. The van der Waals surface area contributed by atoms with Gasteiger partial charge in [0.25, 0.3) is 0 Å². The Labute approximate surface area is 98.3 Å². The molecule has 0 aliphatic heterocycles. The topological polar surface area (TPSA) is 35.8 Å². The van der Waals surface area contributed by atoms with Gasteiger partial charge in [-0.15, -0.1) is 0 Å². The van der Waals surface area contributed by atoms with Crippen molar-refractivity contribution in [2.45, 2.75) is 38.6 Å². The van der Waals surface area contributed by atoms with E-state index in [1.807, 2.05) is 6.07 Å². The lowest BCUT2D eigenvalue weighted by molar-refractivity contribution is 0.509. The molecule has 0 saturated heterocycles. The molecule has 1 atom stereocenters. The minimum Gasteiger partial charge on any atom is -0.314 e. The molecule has 0 fully saturated rings. The lowest BCUT2D eigenvalue weighted by Crippen LogP contribution is -2.27. The third-order valence-electron chi connectivity index (χ3n) is 2.67. The van der Waals surface area contributed by atoms with E-state index < -0.39 is 0 Å². The van der Waals surface area contributed by atoms with Crippen LogP contribution in [-0.2, 0) is 6.42 Å². The summed E-state index contributed by atoms with van der Waals surface area (Å²) in [5, 5.41) is 11.8. The standard InChI is InChI=1S/C14H20N2/c1-13(16-12-6-5-11-15)9-10-14-7-3-2-4-8-14/h2-4,7-8,13,16H,5-6,9-10,12H2,1H3. The number of nitrogens with zero attached hydrogens (tertiary/aromatic N) is 1. The number of nitrogens with one attached hydrogen (secondary N) is 1. The first-order valence-corrected chi connectivity index (χ1v) is 5.97. The minimum absolute atomic E-state index is 0.527. The van der Waals surface area contributed by atoms with Gasteiger partial charge in [0.15, 0.2) is 0 Å². The van der Waals surface area contributed by atoms with E-state index in [2.05, 4.69) is 42.6 Å². The van der Waals surface area contributed by atoms with Gasteiger partial charge in [-0.2, -0.15) is 5.26 Å². The number of benzene rings is 1. The van der Waals surface area contributed by atoms with E-state index in [0.717, 1.165) is 25.8 Å². The quantitative estimate of drug-likeness (QED) is 0.711. The Balaban J connectivity index is 2.11. The number of rotatable bonds is 7. The molecular formula is C14H20N2. The van der Waals surface area contributed by atoms with E-state index in [9.17, 15) is 0 Å². The van der Waals surface area contributed by atoms with Crippen LogP contribution in [-0.4, -0.2) is 12.6 Å². The molecule has 0 amide bonds. The molecule has 0 aromatic heterocycles. The van der Waals surface area contributed by atoms with E-state index in [-0.39, 0.29) is 0 Å². The third kappa shape index (κ3) is 5.53. The second-order valence-corrected chi connectivity index (χ2v) is 4.14. The van der Waals surface area contributed by atoms with Gasteiger partial charge in [0.2, 0.25) is 0 Å². The first-order chi connectivity index (χ1) is 7.83. The Kier molecular flexibility index (Phi) is 6.29. The van der Waals surface area contributed by atoms with Gasteiger partial charge in [-0.05, 0) is 38.3 Å². The average Bonchev–Trinajstić information content (AvgIpc) is 2.33. The van der Waals surface area contributed by atoms with Gasteiger partial charge in [-0.1, -0.05) is 30.3 Å². The number of aryl methyl sites for hydroxylation is 1. The van der Waals surface area contributed by atoms with Gasteiger partial charge in [-0.3, -0.25) is 0 Å². The van der Waals surface area contributed by atoms with Crippen LogP contribution in [0.25, 0.3) is 0 Å². The Hall–Kier alpha value is -1.33. The van der Waals surface area contributed by atoms with Crippen LogP contribution in [0.4, 0.5) is 0 Å². The molecule has 1 rings (SSSR count). The van der Waals surface area contributed by atoms with Crippen molar-refractivity contribution in [2.75, 3.05) is 6.54 Å². The van der Waals surface area contributed by atoms with Crippen LogP contribution in [0.15, 0.2) is 30.3 Å². The molecular weight excluding hydrogens is 196 g/mol. The lowest BCUT2D eigenvalue weighted by atomic mass is 10.1. The molecule has 2 heteroatoms. The van der Waals surface area contributed by atoms with Gasteiger partial charge >= 0.3 is 0 Å². The van der Waals surface area contributed by atoms with E-state index in [1.54, 1.807) is 0 Å². The fourth-order valence-corrected chi connectivity index (χ4v) is 1.65. The highest BCUT2D eigenvalue weighted by molar-refractivity contribution is 5.14. The predicted molar refractivity (Wildman–Crippen MR) is 67.1 cm³/mol. The highest BCUT2D eigenvalue weighted by Gasteiger charge is 2.01. The molecule has 2 nitrogen and oxygen atoms in total. The number of unbranched alkanes of at least 4 members (excludes halogenated alkanes) is 1. The SMILES string of the molecule is CC(CCc1ccccc1)NCCCC#N. The molecule has 0 spiro atoms. The Morgan fingerprint density at radius 1 is 1.31 bits per heavy atom. The maximum Gasteiger partial charge on any atom is 0.0622 e. The Morgan fingerprint density at radius 2 is 2.06 bits per heavy atom. The molecule has 0 radical (unpaired) electrons. The molecule has 0 heterocycles. The van der Waals surface area contributed by atoms with E-state index in [4.69, 9.17) is 5.26 Å². The summed E-state index contributed by atoms with van der Waals surface area (Å²) in [4.78, 5) is 0. The van der Waals surface area contributed by atoms with Crippen molar-refractivity contribution in [1.82, 2.24) is 5.32 Å². The summed E-state index contributed by atoms with van der Waals surface area (Å²) in [7, 11) is 0. The fourth-order valence-electron chi connectivity index (χ4n) is 1.65. The summed E-state index contributed by atoms with van der Waals surface area (Å²) in [6, 6.07) is 13.2. The van der Waals surface area contributed by atoms with Crippen molar-refractivity contribution < 1.29 is 0 Å². The zero-order valence-electron chi connectivity index (χ0n) is 9.95. The van der Waals surface area contributed by atoms with Crippen LogP contribution in [0.1, 0.15) is 31.7 Å². The normalized spacial score (nSPS) is 12.0. The van der Waals surface area contributed by atoms with Crippen molar-refractivity contribution in [3.05, 3.63) is 35.9 Å². The molecule has 86 valence electrons. The van der Waals surface area contributed by atoms with Crippen molar-refractivity contribution in [3.63, 3.8) is 0 Å². The smallest absolute Gasteiger partial charge is 0.0622 e. The Bertz CT molecular complexity index is 313. The highest BCUT2D eigenvalue weighted by Crippen LogP contribution is 2.04. The van der Waals surface area contributed by atoms with E-state index >= 15 is 0 Å². The fraction of sp³-hybridized carbons (Fsp3) is 0.500. The van der Waals surface area contributed by atoms with Crippen LogP contribution >= 0.6 is 0 Å². The summed E-state index contributed by atoms with van der Waals surface area (Å²) in [5.74, 6) is 0. The lowest BCUT2D eigenvalue weighted by Gasteiger charge is -2.12. The van der Waals surface area contributed by atoms with Gasteiger partial charge < -0.3 is 5.32 Å². The third-order valence-corrected chi connectivity index (χ3v) is 2.67. The van der Waals surface area contributed by atoms with Crippen LogP contribution in [0, 0.1) is 11.3 Å². The monoisotopic (exact) mass is 216 g/mol. The molecule has 0 bridgehead atoms. The van der Waals surface area contributed by atoms with Gasteiger partial charge in [0.1, 0.15) is 0 Å². The minimum atomic E-state index is 0.527. The molecule has 1 aromatic carbocycles. The van der Waals surface area contributed by atoms with E-state index in [1.165, 1.54) is 5.56 Å². The highest BCUT2D eigenvalue weighted by atomic mass is 14.9. The zero-order chi connectivity index (χ0) is 11.6. The zero-order valence-corrected chi connectivity index (χ0v) is 9.95. The summed E-state index contributed by atoms with van der Waals surface area (Å²) in [6.45, 7) is 3.15. The van der Waals surface area contributed by atoms with Crippen molar-refractivity contribution in [2.24, 2.45) is 0 Å². The molecule has 16 heavy (non-hydrogen) atoms. The van der Waals surface area contributed by atoms with Crippen LogP contribution < -0.4 is 5.32 Å². The molecule has 0 saturated carbocycles. The molecule has 0 aliphatic rings. The maximum atomic E-state index is 8.41. The van der Waals surface area contributed by atoms with Gasteiger partial charge in [-0.25, -0.2) is 0 Å². The second kappa shape index (κ2) is 7.90. The van der Waals surface area contributed by atoms with E-state index in [0.29, 0.717) is 12.5 Å². The number of hydrogen-bond donors (Lipinski definition) is 1. The van der Waals surface area contributed by atoms with Crippen LogP contribution in [0.5, 0.6) is 0 Å². The van der Waals surface area contributed by atoms with Crippen LogP contribution in [0.2, 0.25) is 0 Å². The van der Waals surface area contributed by atoms with Crippen molar-refractivity contribution in [1.29, 1.82) is 5.26 Å². The van der Waals surface area contributed by atoms with Crippen molar-refractivity contribution >= 4 is 0 Å². The Morgan fingerprint density at radius 3 is 2.75 bits per heavy atom. The average molecular weight is 216 g/mol. The van der Waals surface area contributed by atoms with Crippen LogP contribution in [0.3, 0.4) is 0 Å². The van der Waals surface area contributed by atoms with Gasteiger partial charge in [0.05, 0.1) is 6.07 Å². The molecule has 1 N–H and O–H groups in total.